The van der Waals surface area contributed by atoms with Gasteiger partial charge in [-0.3, -0.25) is 14.9 Å². The average Bonchev–Trinajstić information content (AvgIpc) is 2.71. The Morgan fingerprint density at radius 2 is 2.07 bits per heavy atom. The van der Waals surface area contributed by atoms with Crippen LogP contribution in [0, 0.1) is 16.0 Å². The number of benzene rings is 1. The number of hydrogen-bond donors (Lipinski definition) is 1. The first-order valence-corrected chi connectivity index (χ1v) is 10.4. The molecule has 1 fully saturated rings. The molecule has 1 aliphatic carbocycles. The van der Waals surface area contributed by atoms with Crippen LogP contribution in [-0.2, 0) is 4.79 Å². The molecule has 1 aromatic rings. The van der Waals surface area contributed by atoms with E-state index in [1.54, 1.807) is 12.1 Å². The Bertz CT molecular complexity index is 714. The van der Waals surface area contributed by atoms with Gasteiger partial charge in [-0.15, -0.1) is 6.58 Å². The predicted octanol–water partition coefficient (Wildman–Crippen LogP) is 4.78. The summed E-state index contributed by atoms with van der Waals surface area (Å²) < 4.78 is 5.34. The second kappa shape index (κ2) is 10.8. The number of nitro groups is 1. The summed E-state index contributed by atoms with van der Waals surface area (Å²) >= 11 is 0. The van der Waals surface area contributed by atoms with Gasteiger partial charge in [0.15, 0.2) is 0 Å². The quantitative estimate of drug-likeness (QED) is 0.345. The maximum Gasteiger partial charge on any atom is 0.273 e. The molecule has 0 spiro atoms. The van der Waals surface area contributed by atoms with Gasteiger partial charge in [-0.05, 0) is 31.2 Å². The van der Waals surface area contributed by atoms with Crippen molar-refractivity contribution in [2.45, 2.75) is 64.5 Å². The number of amides is 1. The lowest BCUT2D eigenvalue weighted by Gasteiger charge is -2.36. The third-order valence-corrected chi connectivity index (χ3v) is 5.36. The van der Waals surface area contributed by atoms with Crippen LogP contribution in [0.3, 0.4) is 0 Å². The number of nitrogens with zero attached hydrogens (tertiary/aromatic N) is 2. The molecule has 0 bridgehead atoms. The van der Waals surface area contributed by atoms with Gasteiger partial charge in [0, 0.05) is 18.7 Å². The number of carbonyl (C=O) groups is 1. The minimum Gasteiger partial charge on any atom is -0.494 e. The van der Waals surface area contributed by atoms with Crippen molar-refractivity contribution in [3.8, 4) is 5.75 Å². The number of anilines is 1. The van der Waals surface area contributed by atoms with E-state index in [-0.39, 0.29) is 17.6 Å². The van der Waals surface area contributed by atoms with Crippen molar-refractivity contribution in [1.82, 2.24) is 4.90 Å². The summed E-state index contributed by atoms with van der Waals surface area (Å²) in [4.78, 5) is 26.1. The van der Waals surface area contributed by atoms with Crippen LogP contribution in [-0.4, -0.2) is 41.5 Å². The smallest absolute Gasteiger partial charge is 0.273 e. The number of ether oxygens (including phenoxy) is 1. The van der Waals surface area contributed by atoms with Crippen LogP contribution in [0.1, 0.15) is 52.4 Å². The van der Waals surface area contributed by atoms with E-state index in [1.165, 1.54) is 25.7 Å². The van der Waals surface area contributed by atoms with Crippen LogP contribution in [0.25, 0.3) is 0 Å². The highest BCUT2D eigenvalue weighted by Crippen LogP contribution is 2.31. The maximum atomic E-state index is 13.5. The SMILES string of the molecule is C=CCN(C(=O)C(CC(C)C)Nc1ccc([N+](=O)[O-])cc1OC)C1CCCCC1. The lowest BCUT2D eigenvalue weighted by molar-refractivity contribution is -0.384. The molecule has 1 saturated carbocycles. The van der Waals surface area contributed by atoms with Crippen LogP contribution in [0.5, 0.6) is 5.75 Å². The zero-order valence-electron chi connectivity index (χ0n) is 17.7. The largest absolute Gasteiger partial charge is 0.494 e. The highest BCUT2D eigenvalue weighted by Gasteiger charge is 2.31. The highest BCUT2D eigenvalue weighted by atomic mass is 16.6. The Morgan fingerprint density at radius 3 is 2.62 bits per heavy atom. The van der Waals surface area contributed by atoms with Gasteiger partial charge < -0.3 is 15.0 Å². The number of nitrogens with one attached hydrogen (secondary N) is 1. The molecule has 0 heterocycles. The van der Waals surface area contributed by atoms with E-state index in [4.69, 9.17) is 4.74 Å². The Kier molecular flexibility index (Phi) is 8.49. The summed E-state index contributed by atoms with van der Waals surface area (Å²) in [6.07, 6.45) is 7.99. The Labute approximate surface area is 173 Å². The molecule has 7 nitrogen and oxygen atoms in total. The van der Waals surface area contributed by atoms with Crippen LogP contribution < -0.4 is 10.1 Å². The molecule has 1 N–H and O–H groups in total. The van der Waals surface area contributed by atoms with Crippen LogP contribution in [0.2, 0.25) is 0 Å². The first kappa shape index (κ1) is 22.7. The van der Waals surface area contributed by atoms with Crippen molar-refractivity contribution in [1.29, 1.82) is 0 Å². The van der Waals surface area contributed by atoms with Gasteiger partial charge in [0.05, 0.1) is 23.8 Å². The van der Waals surface area contributed by atoms with E-state index in [0.29, 0.717) is 30.3 Å². The molecule has 0 aromatic heterocycles. The molecule has 1 atom stereocenters. The monoisotopic (exact) mass is 403 g/mol. The van der Waals surface area contributed by atoms with Crippen LogP contribution >= 0.6 is 0 Å². The molecule has 160 valence electrons. The molecule has 0 aliphatic heterocycles. The van der Waals surface area contributed by atoms with Crippen molar-refractivity contribution in [2.75, 3.05) is 19.0 Å². The molecule has 1 aromatic carbocycles. The number of hydrogen-bond acceptors (Lipinski definition) is 5. The summed E-state index contributed by atoms with van der Waals surface area (Å²) in [6.45, 7) is 8.52. The summed E-state index contributed by atoms with van der Waals surface area (Å²) in [5.41, 5.74) is 0.536. The van der Waals surface area contributed by atoms with E-state index in [2.05, 4.69) is 25.7 Å². The van der Waals surface area contributed by atoms with Crippen molar-refractivity contribution >= 4 is 17.3 Å². The Morgan fingerprint density at radius 1 is 1.38 bits per heavy atom. The average molecular weight is 404 g/mol. The van der Waals surface area contributed by atoms with Gasteiger partial charge in [0.1, 0.15) is 11.8 Å². The number of non-ortho nitro benzene ring substituents is 1. The third-order valence-electron chi connectivity index (χ3n) is 5.36. The van der Waals surface area contributed by atoms with Crippen molar-refractivity contribution in [2.24, 2.45) is 5.92 Å². The van der Waals surface area contributed by atoms with Crippen molar-refractivity contribution in [3.63, 3.8) is 0 Å². The zero-order valence-corrected chi connectivity index (χ0v) is 17.7. The van der Waals surface area contributed by atoms with Gasteiger partial charge in [0.2, 0.25) is 5.91 Å². The number of rotatable bonds is 10. The minimum atomic E-state index is -0.460. The van der Waals surface area contributed by atoms with Crippen molar-refractivity contribution in [3.05, 3.63) is 41.0 Å². The lowest BCUT2D eigenvalue weighted by Crippen LogP contribution is -2.49. The molecule has 0 saturated heterocycles. The van der Waals surface area contributed by atoms with Gasteiger partial charge in [0.25, 0.3) is 5.69 Å². The van der Waals surface area contributed by atoms with Gasteiger partial charge in [-0.2, -0.15) is 0 Å². The molecule has 7 heteroatoms. The summed E-state index contributed by atoms with van der Waals surface area (Å²) in [5.74, 6) is 0.706. The lowest BCUT2D eigenvalue weighted by atomic mass is 9.93. The summed E-state index contributed by atoms with van der Waals surface area (Å²) in [5, 5.41) is 14.4. The molecular formula is C22H33N3O4. The second-order valence-corrected chi connectivity index (χ2v) is 8.04. The Balaban J connectivity index is 2.28. The molecule has 29 heavy (non-hydrogen) atoms. The Hall–Kier alpha value is -2.57. The van der Waals surface area contributed by atoms with Gasteiger partial charge in [-0.25, -0.2) is 0 Å². The number of carbonyl (C=O) groups excluding carboxylic acids is 1. The molecule has 2 rings (SSSR count). The molecular weight excluding hydrogens is 370 g/mol. The van der Waals surface area contributed by atoms with Crippen LogP contribution in [0.4, 0.5) is 11.4 Å². The topological polar surface area (TPSA) is 84.7 Å². The maximum absolute atomic E-state index is 13.5. The highest BCUT2D eigenvalue weighted by molar-refractivity contribution is 5.86. The zero-order chi connectivity index (χ0) is 21.4. The number of methoxy groups -OCH3 is 1. The fourth-order valence-electron chi connectivity index (χ4n) is 3.94. The first-order valence-electron chi connectivity index (χ1n) is 10.4. The first-order chi connectivity index (χ1) is 13.9. The molecule has 1 amide bonds. The summed E-state index contributed by atoms with van der Waals surface area (Å²) in [6, 6.07) is 4.21. The molecule has 1 aliphatic rings. The van der Waals surface area contributed by atoms with Gasteiger partial charge >= 0.3 is 0 Å². The summed E-state index contributed by atoms with van der Waals surface area (Å²) in [7, 11) is 1.47. The molecule has 0 radical (unpaired) electrons. The predicted molar refractivity (Wildman–Crippen MR) is 115 cm³/mol. The standard InChI is InChI=1S/C22H33N3O4/c1-5-13-24(17-9-7-6-8-10-17)22(26)20(14-16(2)3)23-19-12-11-18(25(27)28)15-21(19)29-4/h5,11-12,15-17,20,23H,1,6-10,13-14H2,2-4H3. The normalized spacial score (nSPS) is 15.6. The fourth-order valence-corrected chi connectivity index (χ4v) is 3.94. The second-order valence-electron chi connectivity index (χ2n) is 8.04. The van der Waals surface area contributed by atoms with Crippen molar-refractivity contribution < 1.29 is 14.5 Å². The fraction of sp³-hybridized carbons (Fsp3) is 0.591. The minimum absolute atomic E-state index is 0.0466. The van der Waals surface area contributed by atoms with E-state index in [1.807, 2.05) is 4.90 Å². The number of nitro benzene ring substituents is 1. The van der Waals surface area contributed by atoms with E-state index in [9.17, 15) is 14.9 Å². The third kappa shape index (κ3) is 6.21. The molecule has 1 unspecified atom stereocenters. The van der Waals surface area contributed by atoms with E-state index < -0.39 is 11.0 Å². The van der Waals surface area contributed by atoms with Gasteiger partial charge in [-0.1, -0.05) is 39.2 Å². The van der Waals surface area contributed by atoms with Crippen LogP contribution in [0.15, 0.2) is 30.9 Å². The van der Waals surface area contributed by atoms with E-state index >= 15 is 0 Å². The van der Waals surface area contributed by atoms with E-state index in [0.717, 1.165) is 25.7 Å².